The smallest absolute Gasteiger partial charge is 0.229 e. The van der Waals surface area contributed by atoms with Crippen LogP contribution in [0.25, 0.3) is 11.5 Å². The molecule has 0 aliphatic heterocycles. The SMILES string of the molecule is Cc1oc(-c2ccc(F)cc2F)nc1CN(C)Cc1nccs1. The van der Waals surface area contributed by atoms with Gasteiger partial charge in [-0.15, -0.1) is 11.3 Å². The van der Waals surface area contributed by atoms with Gasteiger partial charge in [0.15, 0.2) is 0 Å². The molecule has 0 N–H and O–H groups in total. The predicted octanol–water partition coefficient (Wildman–Crippen LogP) is 4.02. The van der Waals surface area contributed by atoms with Crippen LogP contribution in [-0.2, 0) is 13.1 Å². The van der Waals surface area contributed by atoms with E-state index in [1.54, 1.807) is 24.5 Å². The third-order valence-corrected chi connectivity index (χ3v) is 4.13. The average molecular weight is 335 g/mol. The van der Waals surface area contributed by atoms with Gasteiger partial charge in [0.1, 0.15) is 22.4 Å². The summed E-state index contributed by atoms with van der Waals surface area (Å²) in [6.07, 6.45) is 1.77. The van der Waals surface area contributed by atoms with Crippen molar-refractivity contribution in [2.75, 3.05) is 7.05 Å². The molecule has 2 heterocycles. The van der Waals surface area contributed by atoms with E-state index in [9.17, 15) is 8.78 Å². The Bertz CT molecular complexity index is 802. The summed E-state index contributed by atoms with van der Waals surface area (Å²) in [4.78, 5) is 10.6. The van der Waals surface area contributed by atoms with Crippen molar-refractivity contribution >= 4 is 11.3 Å². The molecular formula is C16H15F2N3OS. The maximum absolute atomic E-state index is 13.8. The molecule has 3 rings (SSSR count). The Morgan fingerprint density at radius 2 is 2.09 bits per heavy atom. The molecule has 0 aliphatic carbocycles. The standard InChI is InChI=1S/C16H15F2N3OS/c1-10-14(8-21(2)9-15-19-5-6-23-15)20-16(22-10)12-4-3-11(17)7-13(12)18/h3-7H,8-9H2,1-2H3. The minimum atomic E-state index is -0.686. The van der Waals surface area contributed by atoms with Crippen molar-refractivity contribution in [2.45, 2.75) is 20.0 Å². The van der Waals surface area contributed by atoms with E-state index in [2.05, 4.69) is 14.9 Å². The monoisotopic (exact) mass is 335 g/mol. The maximum atomic E-state index is 13.8. The fraction of sp³-hybridized carbons (Fsp3) is 0.250. The molecule has 0 bridgehead atoms. The molecule has 120 valence electrons. The molecule has 23 heavy (non-hydrogen) atoms. The van der Waals surface area contributed by atoms with E-state index in [1.807, 2.05) is 12.4 Å². The molecule has 0 saturated heterocycles. The first kappa shape index (κ1) is 15.8. The number of halogens is 2. The number of aromatic nitrogens is 2. The normalized spacial score (nSPS) is 11.3. The van der Waals surface area contributed by atoms with Crippen LogP contribution < -0.4 is 0 Å². The third-order valence-electron chi connectivity index (χ3n) is 3.36. The summed E-state index contributed by atoms with van der Waals surface area (Å²) in [6.45, 7) is 3.03. The Morgan fingerprint density at radius 3 is 2.78 bits per heavy atom. The Kier molecular flexibility index (Phi) is 4.49. The second-order valence-electron chi connectivity index (χ2n) is 5.24. The van der Waals surface area contributed by atoms with Gasteiger partial charge in [-0.25, -0.2) is 18.7 Å². The molecule has 4 nitrogen and oxygen atoms in total. The largest absolute Gasteiger partial charge is 0.441 e. The van der Waals surface area contributed by atoms with Gasteiger partial charge in [0.2, 0.25) is 5.89 Å². The van der Waals surface area contributed by atoms with Crippen LogP contribution in [0.3, 0.4) is 0 Å². The number of aryl methyl sites for hydroxylation is 1. The predicted molar refractivity (Wildman–Crippen MR) is 83.9 cm³/mol. The summed E-state index contributed by atoms with van der Waals surface area (Å²) < 4.78 is 32.4. The van der Waals surface area contributed by atoms with Crippen molar-refractivity contribution in [3.63, 3.8) is 0 Å². The Morgan fingerprint density at radius 1 is 1.26 bits per heavy atom. The van der Waals surface area contributed by atoms with Gasteiger partial charge >= 0.3 is 0 Å². The summed E-state index contributed by atoms with van der Waals surface area (Å²) in [5.74, 6) is -0.528. The lowest BCUT2D eigenvalue weighted by molar-refractivity contribution is 0.313. The number of rotatable bonds is 5. The first-order chi connectivity index (χ1) is 11.0. The number of hydrogen-bond donors (Lipinski definition) is 0. The van der Waals surface area contributed by atoms with E-state index < -0.39 is 11.6 Å². The third kappa shape index (κ3) is 3.62. The fourth-order valence-corrected chi connectivity index (χ4v) is 2.92. The van der Waals surface area contributed by atoms with Crippen LogP contribution in [0.2, 0.25) is 0 Å². The zero-order valence-electron chi connectivity index (χ0n) is 12.7. The van der Waals surface area contributed by atoms with Gasteiger partial charge in [-0.2, -0.15) is 0 Å². The van der Waals surface area contributed by atoms with Crippen molar-refractivity contribution in [2.24, 2.45) is 0 Å². The van der Waals surface area contributed by atoms with Gasteiger partial charge in [-0.05, 0) is 26.1 Å². The van der Waals surface area contributed by atoms with E-state index in [0.717, 1.165) is 16.8 Å². The van der Waals surface area contributed by atoms with Gasteiger partial charge < -0.3 is 4.42 Å². The lowest BCUT2D eigenvalue weighted by atomic mass is 10.2. The molecule has 3 aromatic rings. The van der Waals surface area contributed by atoms with Crippen LogP contribution in [0.4, 0.5) is 8.78 Å². The number of oxazole rings is 1. The lowest BCUT2D eigenvalue weighted by Gasteiger charge is -2.13. The van der Waals surface area contributed by atoms with E-state index in [0.29, 0.717) is 18.8 Å². The summed E-state index contributed by atoms with van der Waals surface area (Å²) in [5, 5.41) is 2.94. The van der Waals surface area contributed by atoms with Crippen LogP contribution in [0.1, 0.15) is 16.5 Å². The molecule has 7 heteroatoms. The van der Waals surface area contributed by atoms with E-state index >= 15 is 0 Å². The molecule has 0 saturated carbocycles. The van der Waals surface area contributed by atoms with Crippen LogP contribution in [0, 0.1) is 18.6 Å². The molecule has 0 fully saturated rings. The molecule has 1 aromatic carbocycles. The highest BCUT2D eigenvalue weighted by Gasteiger charge is 2.16. The molecule has 0 atom stereocenters. The highest BCUT2D eigenvalue weighted by molar-refractivity contribution is 7.09. The summed E-state index contributed by atoms with van der Waals surface area (Å²) in [6, 6.07) is 3.34. The molecule has 2 aromatic heterocycles. The first-order valence-corrected chi connectivity index (χ1v) is 7.89. The molecule has 0 unspecified atom stereocenters. The van der Waals surface area contributed by atoms with Gasteiger partial charge in [0.05, 0.1) is 17.8 Å². The highest BCUT2D eigenvalue weighted by atomic mass is 32.1. The summed E-state index contributed by atoms with van der Waals surface area (Å²) in [7, 11) is 1.95. The zero-order valence-corrected chi connectivity index (χ0v) is 13.5. The molecule has 0 radical (unpaired) electrons. The second-order valence-corrected chi connectivity index (χ2v) is 6.22. The van der Waals surface area contributed by atoms with E-state index in [-0.39, 0.29) is 11.5 Å². The van der Waals surface area contributed by atoms with Gasteiger partial charge in [0.25, 0.3) is 0 Å². The van der Waals surface area contributed by atoms with Crippen LogP contribution in [0.15, 0.2) is 34.2 Å². The summed E-state index contributed by atoms with van der Waals surface area (Å²) >= 11 is 1.59. The second kappa shape index (κ2) is 6.55. The molecule has 0 spiro atoms. The van der Waals surface area contributed by atoms with E-state index in [1.165, 1.54) is 12.1 Å². The Hall–Kier alpha value is -2.12. The van der Waals surface area contributed by atoms with Crippen molar-refractivity contribution < 1.29 is 13.2 Å². The van der Waals surface area contributed by atoms with E-state index in [4.69, 9.17) is 4.42 Å². The van der Waals surface area contributed by atoms with Crippen LogP contribution >= 0.6 is 11.3 Å². The number of thiazole rings is 1. The summed E-state index contributed by atoms with van der Waals surface area (Å²) in [5.41, 5.74) is 0.881. The van der Waals surface area contributed by atoms with Crippen molar-refractivity contribution in [1.82, 2.24) is 14.9 Å². The minimum Gasteiger partial charge on any atom is -0.441 e. The molecule has 0 aliphatic rings. The van der Waals surface area contributed by atoms with Crippen LogP contribution in [0.5, 0.6) is 0 Å². The van der Waals surface area contributed by atoms with Crippen molar-refractivity contribution in [1.29, 1.82) is 0 Å². The zero-order chi connectivity index (χ0) is 16.4. The maximum Gasteiger partial charge on any atom is 0.229 e. The van der Waals surface area contributed by atoms with Gasteiger partial charge in [-0.1, -0.05) is 0 Å². The Balaban J connectivity index is 1.78. The number of benzene rings is 1. The number of nitrogens with zero attached hydrogens (tertiary/aromatic N) is 3. The highest BCUT2D eigenvalue weighted by Crippen LogP contribution is 2.25. The Labute approximate surface area is 136 Å². The minimum absolute atomic E-state index is 0.156. The van der Waals surface area contributed by atoms with Gasteiger partial charge in [-0.3, -0.25) is 4.90 Å². The van der Waals surface area contributed by atoms with Crippen molar-refractivity contribution in [3.05, 3.63) is 57.9 Å². The van der Waals surface area contributed by atoms with Crippen LogP contribution in [-0.4, -0.2) is 21.9 Å². The van der Waals surface area contributed by atoms with Gasteiger partial charge in [0, 0.05) is 24.2 Å². The molecule has 0 amide bonds. The quantitative estimate of drug-likeness (QED) is 0.706. The first-order valence-electron chi connectivity index (χ1n) is 7.01. The fourth-order valence-electron chi connectivity index (χ4n) is 2.23. The molecular weight excluding hydrogens is 320 g/mol. The lowest BCUT2D eigenvalue weighted by Crippen LogP contribution is -2.17. The van der Waals surface area contributed by atoms with Crippen molar-refractivity contribution in [3.8, 4) is 11.5 Å². The topological polar surface area (TPSA) is 42.2 Å². The number of hydrogen-bond acceptors (Lipinski definition) is 5. The average Bonchev–Trinajstić information content (AvgIpc) is 3.10.